The van der Waals surface area contributed by atoms with E-state index in [1.54, 1.807) is 12.5 Å². The third-order valence-corrected chi connectivity index (χ3v) is 9.71. The van der Waals surface area contributed by atoms with Crippen LogP contribution in [0.3, 0.4) is 0 Å². The van der Waals surface area contributed by atoms with Crippen LogP contribution >= 0.6 is 0 Å². The third kappa shape index (κ3) is 13.5. The van der Waals surface area contributed by atoms with Crippen molar-refractivity contribution in [2.24, 2.45) is 0 Å². The van der Waals surface area contributed by atoms with Crippen molar-refractivity contribution in [1.82, 2.24) is 0 Å². The maximum atomic E-state index is 14.2. The molecule has 28 heteroatoms. The van der Waals surface area contributed by atoms with Gasteiger partial charge in [0.25, 0.3) is 0 Å². The average molecular weight is 1000 g/mol. The van der Waals surface area contributed by atoms with Gasteiger partial charge >= 0.3 is 49.4 Å². The van der Waals surface area contributed by atoms with Gasteiger partial charge in [-0.3, -0.25) is 0 Å². The fourth-order valence-corrected chi connectivity index (χ4v) is 7.46. The van der Waals surface area contributed by atoms with Crippen LogP contribution in [0.15, 0.2) is 72.8 Å². The Hall–Kier alpha value is -4.63. The molecule has 4 aromatic carbocycles. The van der Waals surface area contributed by atoms with Gasteiger partial charge in [-0.15, -0.1) is 0 Å². The molecule has 0 saturated carbocycles. The summed E-state index contributed by atoms with van der Waals surface area (Å²) < 4.78 is 357. The first-order chi connectivity index (χ1) is 28.7. The second kappa shape index (κ2) is 17.5. The molecule has 0 aliphatic rings. The van der Waals surface area contributed by atoms with Crippen LogP contribution in [0.25, 0.3) is 0 Å². The number of hydrogen-bond acceptors (Lipinski definition) is 2. The zero-order valence-electron chi connectivity index (χ0n) is 32.4. The normalized spacial score (nSPS) is 14.1. The predicted molar refractivity (Wildman–Crippen MR) is 186 cm³/mol. The Morgan fingerprint density at radius 3 is 0.554 bits per heavy atom. The molecular weight excluding hydrogens is 975 g/mol. The van der Waals surface area contributed by atoms with Gasteiger partial charge in [0.2, 0.25) is 10.2 Å². The van der Waals surface area contributed by atoms with Crippen molar-refractivity contribution in [2.75, 3.05) is 12.5 Å². The van der Waals surface area contributed by atoms with E-state index in [4.69, 9.17) is 4.18 Å². The molecule has 0 aromatic heterocycles. The first kappa shape index (κ1) is 54.7. The standard InChI is InChI=1S/C32H12BF24.C5H13O2S/c34-25(35,36)13-1-14(26(37,38)39)6-21(5-13)33(22-7-15(27(40,41)42)2-16(8-22)28(43,44)45,23-9-17(29(46,47)48)3-18(10-23)30(49,50)51)24-11-19(31(52,53)54)4-20(12-24)32(55,56)57;1-5(2)7-8(3,4)6/h1-12H;5H,1-4H3/q-1;+1. The van der Waals surface area contributed by atoms with E-state index in [9.17, 15) is 110 Å². The molecule has 0 atom stereocenters. The Labute approximate surface area is 351 Å². The van der Waals surface area contributed by atoms with E-state index in [0.717, 1.165) is 0 Å². The molecule has 0 heterocycles. The highest BCUT2D eigenvalue weighted by Gasteiger charge is 2.47. The van der Waals surface area contributed by atoms with Crippen LogP contribution in [-0.4, -0.2) is 24.8 Å². The summed E-state index contributed by atoms with van der Waals surface area (Å²) in [6.45, 7) is 3.74. The van der Waals surface area contributed by atoms with Crippen LogP contribution in [0.2, 0.25) is 0 Å². The van der Waals surface area contributed by atoms with Crippen LogP contribution in [0.1, 0.15) is 58.4 Å². The molecule has 0 aliphatic heterocycles. The average Bonchev–Trinajstić information content (AvgIpc) is 3.08. The Bertz CT molecular complexity index is 1950. The number of halogens is 24. The van der Waals surface area contributed by atoms with Gasteiger partial charge in [-0.1, -0.05) is 52.7 Å². The van der Waals surface area contributed by atoms with Crippen LogP contribution < -0.4 is 21.9 Å². The van der Waals surface area contributed by atoms with Gasteiger partial charge in [0.1, 0.15) is 24.8 Å². The molecule has 2 nitrogen and oxygen atoms in total. The molecule has 362 valence electrons. The summed E-state index contributed by atoms with van der Waals surface area (Å²) in [5.41, 5.74) is -30.2. The summed E-state index contributed by atoms with van der Waals surface area (Å²) in [5.74, 6) is 0. The Kier molecular flexibility index (Phi) is 14.8. The summed E-state index contributed by atoms with van der Waals surface area (Å²) in [7, 11) is -1.97. The summed E-state index contributed by atoms with van der Waals surface area (Å²) in [4.78, 5) is 0. The summed E-state index contributed by atoms with van der Waals surface area (Å²) >= 11 is 0. The lowest BCUT2D eigenvalue weighted by Crippen LogP contribution is -2.75. The van der Waals surface area contributed by atoms with Gasteiger partial charge in [0, 0.05) is 0 Å². The zero-order valence-corrected chi connectivity index (χ0v) is 33.2. The van der Waals surface area contributed by atoms with E-state index in [1.807, 2.05) is 13.8 Å². The summed E-state index contributed by atoms with van der Waals surface area (Å²) in [6.07, 6.45) is -51.6. The molecular formula is C37H25BF24O2S. The van der Waals surface area contributed by atoms with Crippen molar-refractivity contribution < 1.29 is 114 Å². The zero-order chi connectivity index (χ0) is 50.7. The molecule has 0 amide bonds. The summed E-state index contributed by atoms with van der Waals surface area (Å²) in [5, 5.41) is 0. The van der Waals surface area contributed by atoms with E-state index < -0.39 is 205 Å². The minimum absolute atomic E-state index is 0.0671. The first-order valence-electron chi connectivity index (χ1n) is 17.2. The van der Waals surface area contributed by atoms with E-state index in [-0.39, 0.29) is 6.10 Å². The van der Waals surface area contributed by atoms with Gasteiger partial charge in [-0.05, 0) is 38.1 Å². The number of hydrogen-bond donors (Lipinski definition) is 0. The fraction of sp³-hybridized carbons (Fsp3) is 0.351. The second-order valence-corrected chi connectivity index (χ2v) is 17.0. The van der Waals surface area contributed by atoms with Crippen molar-refractivity contribution >= 4 is 38.2 Å². The molecule has 0 N–H and O–H groups in total. The van der Waals surface area contributed by atoms with E-state index >= 15 is 0 Å². The van der Waals surface area contributed by atoms with Gasteiger partial charge in [0.15, 0.2) is 0 Å². The maximum Gasteiger partial charge on any atom is 0.416 e. The smallest absolute Gasteiger partial charge is 0.194 e. The third-order valence-electron chi connectivity index (χ3n) is 8.86. The lowest BCUT2D eigenvalue weighted by molar-refractivity contribution is -0.144. The maximum absolute atomic E-state index is 14.2. The molecule has 65 heavy (non-hydrogen) atoms. The summed E-state index contributed by atoms with van der Waals surface area (Å²) in [6, 6.07) is -8.81. The van der Waals surface area contributed by atoms with E-state index in [1.165, 1.54) is 0 Å². The predicted octanol–water partition coefficient (Wildman–Crippen LogP) is 12.3. The molecule has 0 fully saturated rings. The van der Waals surface area contributed by atoms with Crippen molar-refractivity contribution in [2.45, 2.75) is 69.4 Å². The molecule has 0 unspecified atom stereocenters. The number of alkyl halides is 24. The number of benzene rings is 4. The molecule has 0 bridgehead atoms. The molecule has 0 saturated heterocycles. The minimum Gasteiger partial charge on any atom is -0.194 e. The molecule has 0 aliphatic carbocycles. The Balaban J connectivity index is 0.00000128. The minimum atomic E-state index is -6.13. The quantitative estimate of drug-likeness (QED) is 0.109. The molecule has 0 spiro atoms. The van der Waals surface area contributed by atoms with Gasteiger partial charge in [-0.25, -0.2) is 0 Å². The van der Waals surface area contributed by atoms with Gasteiger partial charge in [0.05, 0.1) is 44.5 Å². The van der Waals surface area contributed by atoms with Crippen molar-refractivity contribution in [1.29, 1.82) is 0 Å². The fourth-order valence-electron chi connectivity index (χ4n) is 6.53. The van der Waals surface area contributed by atoms with Crippen LogP contribution in [0, 0.1) is 0 Å². The monoisotopic (exact) mass is 1000 g/mol. The van der Waals surface area contributed by atoms with Crippen LogP contribution in [-0.2, 0) is 68.0 Å². The van der Waals surface area contributed by atoms with Crippen molar-refractivity contribution in [3.05, 3.63) is 117 Å². The largest absolute Gasteiger partial charge is 0.416 e. The SMILES string of the molecule is CC(C)O[S+](C)(C)=O.FC(F)(F)c1cc([B-](c2cc(C(F)(F)F)cc(C(F)(F)F)c2)(c2cc(C(F)(F)F)cc(C(F)(F)F)c2)c2cc(C(F)(F)F)cc(C(F)(F)F)c2)cc(C(F)(F)F)c1. The first-order valence-corrected chi connectivity index (χ1v) is 19.5. The van der Waals surface area contributed by atoms with Gasteiger partial charge in [-0.2, -0.15) is 131 Å². The Morgan fingerprint density at radius 2 is 0.477 bits per heavy atom. The lowest BCUT2D eigenvalue weighted by Gasteiger charge is -2.46. The van der Waals surface area contributed by atoms with Crippen molar-refractivity contribution in [3.8, 4) is 0 Å². The second-order valence-electron chi connectivity index (χ2n) is 14.5. The van der Waals surface area contributed by atoms with Crippen molar-refractivity contribution in [3.63, 3.8) is 0 Å². The molecule has 4 rings (SSSR count). The van der Waals surface area contributed by atoms with Crippen LogP contribution in [0.5, 0.6) is 0 Å². The van der Waals surface area contributed by atoms with Gasteiger partial charge < -0.3 is 0 Å². The molecule has 0 radical (unpaired) electrons. The van der Waals surface area contributed by atoms with E-state index in [2.05, 4.69) is 0 Å². The highest BCUT2D eigenvalue weighted by atomic mass is 32.3. The van der Waals surface area contributed by atoms with Crippen LogP contribution in [0.4, 0.5) is 105 Å². The topological polar surface area (TPSA) is 26.3 Å². The Morgan fingerprint density at radius 1 is 0.338 bits per heavy atom. The lowest BCUT2D eigenvalue weighted by atomic mass is 9.12. The highest BCUT2D eigenvalue weighted by Crippen LogP contribution is 2.41. The molecule has 4 aromatic rings. The highest BCUT2D eigenvalue weighted by molar-refractivity contribution is 7.97. The number of rotatable bonds is 6. The van der Waals surface area contributed by atoms with E-state index in [0.29, 0.717) is 0 Å².